The summed E-state index contributed by atoms with van der Waals surface area (Å²) in [6.45, 7) is -0.409. The van der Waals surface area contributed by atoms with Gasteiger partial charge < -0.3 is 26.2 Å². The van der Waals surface area contributed by atoms with Crippen molar-refractivity contribution in [2.24, 2.45) is 17.6 Å². The first-order chi connectivity index (χ1) is 24.2. The fourth-order valence-corrected chi connectivity index (χ4v) is 7.95. The first-order valence-corrected chi connectivity index (χ1v) is 15.8. The Balaban J connectivity index is 1.27. The second-order valence-corrected chi connectivity index (χ2v) is 13.0. The minimum atomic E-state index is -2.80. The Morgan fingerprint density at radius 1 is 0.843 bits per heavy atom. The first-order valence-electron chi connectivity index (χ1n) is 15.8. The molecule has 2 heterocycles. The van der Waals surface area contributed by atoms with Crippen LogP contribution in [0, 0.1) is 11.8 Å². The number of aliphatic hydroxyl groups is 3. The van der Waals surface area contributed by atoms with E-state index in [0.29, 0.717) is 5.01 Å². The third-order valence-electron chi connectivity index (χ3n) is 10.4. The summed E-state index contributed by atoms with van der Waals surface area (Å²) in [5.74, 6) is -11.1. The summed E-state index contributed by atoms with van der Waals surface area (Å²) >= 11 is 0. The molecule has 0 saturated carbocycles. The maximum Gasteiger partial charge on any atom is 0.280 e. The molecular weight excluding hydrogens is 664 g/mol. The highest BCUT2D eigenvalue weighted by atomic mass is 16.3. The van der Waals surface area contributed by atoms with Gasteiger partial charge in [0.05, 0.1) is 40.0 Å². The van der Waals surface area contributed by atoms with E-state index in [0.717, 1.165) is 4.90 Å². The van der Waals surface area contributed by atoms with Gasteiger partial charge in [0.1, 0.15) is 17.1 Å². The Labute approximate surface area is 286 Å². The topological polar surface area (TPSA) is 245 Å². The molecule has 5 amide bonds. The van der Waals surface area contributed by atoms with Gasteiger partial charge in [-0.15, -0.1) is 0 Å². The maximum atomic E-state index is 14.4. The molecule has 0 fully saturated rings. The normalized spacial score (nSPS) is 23.7. The van der Waals surface area contributed by atoms with Crippen molar-refractivity contribution in [2.45, 2.75) is 31.4 Å². The lowest BCUT2D eigenvalue weighted by Gasteiger charge is -2.45. The van der Waals surface area contributed by atoms with Gasteiger partial charge in [0.15, 0.2) is 17.1 Å². The van der Waals surface area contributed by atoms with Crippen molar-refractivity contribution in [1.29, 1.82) is 0 Å². The van der Waals surface area contributed by atoms with Crippen LogP contribution in [-0.2, 0) is 22.6 Å². The molecule has 0 saturated heterocycles. The summed E-state index contributed by atoms with van der Waals surface area (Å²) in [4.78, 5) is 94.0. The lowest BCUT2D eigenvalue weighted by atomic mass is 9.60. The smallest absolute Gasteiger partial charge is 0.280 e. The number of amides is 5. The van der Waals surface area contributed by atoms with Crippen molar-refractivity contribution >= 4 is 46.8 Å². The van der Waals surface area contributed by atoms with Crippen LogP contribution >= 0.6 is 0 Å². The minimum Gasteiger partial charge on any atom is -0.511 e. The summed E-state index contributed by atoms with van der Waals surface area (Å²) < 4.78 is 0. The molecule has 0 bridgehead atoms. The van der Waals surface area contributed by atoms with Gasteiger partial charge in [-0.1, -0.05) is 24.3 Å². The van der Waals surface area contributed by atoms with E-state index in [2.05, 4.69) is 5.43 Å². The first kappa shape index (κ1) is 31.6. The standard InChI is InChI=1S/C36H26N4O11/c37-31(46)26-23(41)12-16-9-14-10-21-15(13-39-32(47)17-5-1-2-6-18(17)33(39)48)11-22(38-40-34(49)19-7-3-4-8-20(19)35(40)50)27(42)25(21)28(43)24(14)29(44)36(16,51)30(26)45/h1-8,11,14,16,38,41-42,44,51H,9-10,12-13H2,(H2,37,46)/t14-,16+,36+/m1/s1. The molecular formula is C36H26N4O11. The van der Waals surface area contributed by atoms with Gasteiger partial charge in [-0.3, -0.25) is 43.9 Å². The molecule has 3 aromatic rings. The third kappa shape index (κ3) is 4.18. The Hall–Kier alpha value is -6.61. The third-order valence-corrected chi connectivity index (χ3v) is 10.4. The van der Waals surface area contributed by atoms with E-state index in [4.69, 9.17) is 5.73 Å². The van der Waals surface area contributed by atoms with Gasteiger partial charge >= 0.3 is 0 Å². The summed E-state index contributed by atoms with van der Waals surface area (Å²) in [5, 5.41) is 45.9. The predicted molar refractivity (Wildman–Crippen MR) is 172 cm³/mol. The molecule has 3 aromatic carbocycles. The zero-order valence-electron chi connectivity index (χ0n) is 26.3. The van der Waals surface area contributed by atoms with Crippen molar-refractivity contribution in [2.75, 3.05) is 5.43 Å². The molecule has 15 heteroatoms. The minimum absolute atomic E-state index is 0.0743. The van der Waals surface area contributed by atoms with E-state index in [9.17, 15) is 54.0 Å². The molecule has 5 aliphatic rings. The van der Waals surface area contributed by atoms with Crippen molar-refractivity contribution in [3.63, 3.8) is 0 Å². The SMILES string of the molecule is NC(=O)C1=C(O)C[C@@H]2C[C@@H]3Cc4c(CN5C(=O)c6ccccc6C5=O)cc(NN5C(=O)c6ccccc6C5=O)c(O)c4C(=O)C3=C(O)[C@]2(O)C1=O. The molecule has 3 aliphatic carbocycles. The number of hydrazine groups is 1. The molecule has 256 valence electrons. The van der Waals surface area contributed by atoms with Gasteiger partial charge in [-0.2, -0.15) is 5.01 Å². The molecule has 7 N–H and O–H groups in total. The summed E-state index contributed by atoms with van der Waals surface area (Å²) in [5.41, 5.74) is 3.70. The van der Waals surface area contributed by atoms with Gasteiger partial charge in [0.2, 0.25) is 5.78 Å². The average molecular weight is 691 g/mol. The largest absolute Gasteiger partial charge is 0.511 e. The number of ketones is 2. The van der Waals surface area contributed by atoms with E-state index in [1.54, 1.807) is 24.3 Å². The lowest BCUT2D eigenvalue weighted by molar-refractivity contribution is -0.144. The number of anilines is 1. The number of benzene rings is 3. The number of phenolic OH excluding ortho intramolecular Hbond substituents is 1. The highest BCUT2D eigenvalue weighted by Gasteiger charge is 2.60. The highest BCUT2D eigenvalue weighted by molar-refractivity contribution is 6.25. The molecule has 51 heavy (non-hydrogen) atoms. The van der Waals surface area contributed by atoms with Crippen molar-refractivity contribution in [3.05, 3.63) is 116 Å². The number of fused-ring (bicyclic) bond motifs is 5. The van der Waals surface area contributed by atoms with Crippen LogP contribution in [0.1, 0.15) is 75.8 Å². The number of nitrogens with zero attached hydrogens (tertiary/aromatic N) is 2. The Morgan fingerprint density at radius 3 is 1.94 bits per heavy atom. The molecule has 8 rings (SSSR count). The fourth-order valence-electron chi connectivity index (χ4n) is 7.95. The number of allylic oxidation sites excluding steroid dienone is 2. The number of aliphatic hydroxyl groups excluding tert-OH is 2. The molecule has 15 nitrogen and oxygen atoms in total. The second-order valence-electron chi connectivity index (χ2n) is 13.0. The van der Waals surface area contributed by atoms with E-state index in [1.807, 2.05) is 0 Å². The van der Waals surface area contributed by atoms with Crippen molar-refractivity contribution in [3.8, 4) is 5.75 Å². The lowest BCUT2D eigenvalue weighted by Crippen LogP contribution is -2.57. The number of nitrogens with one attached hydrogen (secondary N) is 1. The van der Waals surface area contributed by atoms with Crippen LogP contribution in [0.15, 0.2) is 77.3 Å². The van der Waals surface area contributed by atoms with Gasteiger partial charge in [0.25, 0.3) is 29.5 Å². The number of phenols is 1. The van der Waals surface area contributed by atoms with Gasteiger partial charge in [0, 0.05) is 17.9 Å². The van der Waals surface area contributed by atoms with Crippen LogP contribution in [0.5, 0.6) is 5.75 Å². The van der Waals surface area contributed by atoms with E-state index >= 15 is 0 Å². The molecule has 3 atom stereocenters. The summed E-state index contributed by atoms with van der Waals surface area (Å²) in [6.07, 6.45) is -0.690. The second kappa shape index (κ2) is 10.7. The molecule has 0 unspecified atom stereocenters. The zero-order chi connectivity index (χ0) is 36.3. The average Bonchev–Trinajstić information content (AvgIpc) is 3.48. The number of carbonyl (C=O) groups is 7. The highest BCUT2D eigenvalue weighted by Crippen LogP contribution is 2.52. The van der Waals surface area contributed by atoms with Crippen LogP contribution in [0.25, 0.3) is 0 Å². The number of imide groups is 2. The van der Waals surface area contributed by atoms with Crippen LogP contribution in [0.3, 0.4) is 0 Å². The Bertz CT molecular complexity index is 2250. The Morgan fingerprint density at radius 2 is 1.39 bits per heavy atom. The fraction of sp³-hybridized carbons (Fsp3) is 0.194. The number of rotatable bonds is 5. The van der Waals surface area contributed by atoms with E-state index in [1.165, 1.54) is 30.3 Å². The number of aromatic hydroxyl groups is 1. The monoisotopic (exact) mass is 690 g/mol. The molecule has 0 aromatic heterocycles. The van der Waals surface area contributed by atoms with Gasteiger partial charge in [-0.25, -0.2) is 0 Å². The quantitative estimate of drug-likeness (QED) is 0.128. The van der Waals surface area contributed by atoms with E-state index < -0.39 is 105 Å². The van der Waals surface area contributed by atoms with E-state index in [-0.39, 0.29) is 51.9 Å². The van der Waals surface area contributed by atoms with Crippen LogP contribution in [0.4, 0.5) is 5.69 Å². The molecule has 0 spiro atoms. The number of hydrogen-bond donors (Lipinski definition) is 6. The molecule has 2 aliphatic heterocycles. The number of nitrogens with two attached hydrogens (primary N) is 1. The van der Waals surface area contributed by atoms with Crippen LogP contribution in [0.2, 0.25) is 0 Å². The summed E-state index contributed by atoms with van der Waals surface area (Å²) in [6, 6.07) is 13.5. The number of carbonyl (C=O) groups excluding carboxylic acids is 7. The van der Waals surface area contributed by atoms with Crippen LogP contribution in [-0.4, -0.2) is 77.0 Å². The van der Waals surface area contributed by atoms with Crippen molar-refractivity contribution in [1.82, 2.24) is 9.91 Å². The van der Waals surface area contributed by atoms with Gasteiger partial charge in [-0.05, 0) is 60.2 Å². The zero-order valence-corrected chi connectivity index (χ0v) is 26.3. The van der Waals surface area contributed by atoms with Crippen LogP contribution < -0.4 is 11.2 Å². The Kier molecular flexibility index (Phi) is 6.63. The predicted octanol–water partition coefficient (Wildman–Crippen LogP) is 2.00. The number of primary amides is 1. The summed E-state index contributed by atoms with van der Waals surface area (Å²) in [7, 11) is 0. The molecule has 0 radical (unpaired) electrons. The maximum absolute atomic E-state index is 14.4. The van der Waals surface area contributed by atoms with Crippen molar-refractivity contribution < 1.29 is 54.0 Å². The number of hydrogen-bond acceptors (Lipinski definition) is 12. The number of Topliss-reactive ketones (excluding diaryl/α,β-unsaturated/α-hetero) is 2.